The third-order valence-corrected chi connectivity index (χ3v) is 3.51. The molecule has 118 valence electrons. The molecule has 1 unspecified atom stereocenters. The highest BCUT2D eigenvalue weighted by molar-refractivity contribution is 6.31. The maximum Gasteiger partial charge on any atom is 0.224 e. The number of carbonyl (C=O) groups excluding carboxylic acids is 1. The topological polar surface area (TPSA) is 84.6 Å². The normalized spacial score (nSPS) is 13.1. The number of hydrogen-bond donors (Lipinski definition) is 3. The zero-order valence-electron chi connectivity index (χ0n) is 12.4. The van der Waals surface area contributed by atoms with Gasteiger partial charge in [-0.15, -0.1) is 0 Å². The lowest BCUT2D eigenvalue weighted by Crippen LogP contribution is -2.43. The lowest BCUT2D eigenvalue weighted by molar-refractivity contribution is -0.125. The molecule has 1 rings (SSSR count). The molecule has 1 amide bonds. The van der Waals surface area contributed by atoms with Crippen LogP contribution in [0.25, 0.3) is 0 Å². The molecule has 0 bridgehead atoms. The maximum atomic E-state index is 11.1. The fourth-order valence-electron chi connectivity index (χ4n) is 1.62. The first-order valence-corrected chi connectivity index (χ1v) is 7.20. The van der Waals surface area contributed by atoms with Crippen LogP contribution < -0.4 is 11.1 Å². The Labute approximate surface area is 130 Å². The molecule has 5 nitrogen and oxygen atoms in total. The average Bonchev–Trinajstić information content (AvgIpc) is 2.40. The van der Waals surface area contributed by atoms with Crippen LogP contribution in [0.3, 0.4) is 0 Å². The Morgan fingerprint density at radius 3 is 2.76 bits per heavy atom. The summed E-state index contributed by atoms with van der Waals surface area (Å²) in [4.78, 5) is 11.1. The smallest absolute Gasteiger partial charge is 0.224 e. The zero-order valence-corrected chi connectivity index (χ0v) is 13.2. The van der Waals surface area contributed by atoms with Crippen molar-refractivity contribution < 1.29 is 14.6 Å². The number of aliphatic hydroxyl groups is 1. The number of nitrogens with two attached hydrogens (primary N) is 1. The van der Waals surface area contributed by atoms with E-state index in [0.717, 1.165) is 5.56 Å². The number of ether oxygens (including phenoxy) is 1. The number of hydrogen-bond acceptors (Lipinski definition) is 4. The van der Waals surface area contributed by atoms with Crippen molar-refractivity contribution in [3.63, 3.8) is 0 Å². The lowest BCUT2D eigenvalue weighted by atomic mass is 9.93. The summed E-state index contributed by atoms with van der Waals surface area (Å²) in [5.41, 5.74) is 5.51. The van der Waals surface area contributed by atoms with Crippen LogP contribution in [0, 0.1) is 5.41 Å². The number of benzene rings is 1. The van der Waals surface area contributed by atoms with E-state index in [1.54, 1.807) is 19.9 Å². The minimum atomic E-state index is -0.656. The quantitative estimate of drug-likeness (QED) is 0.642. The van der Waals surface area contributed by atoms with E-state index in [9.17, 15) is 9.90 Å². The van der Waals surface area contributed by atoms with E-state index in [1.165, 1.54) is 0 Å². The molecule has 0 fully saturated rings. The second kappa shape index (κ2) is 8.34. The zero-order chi connectivity index (χ0) is 15.9. The van der Waals surface area contributed by atoms with Crippen molar-refractivity contribution in [1.29, 1.82) is 0 Å². The second-order valence-electron chi connectivity index (χ2n) is 5.64. The van der Waals surface area contributed by atoms with Crippen molar-refractivity contribution in [1.82, 2.24) is 5.32 Å². The van der Waals surface area contributed by atoms with Gasteiger partial charge < -0.3 is 20.9 Å². The predicted octanol–water partition coefficient (Wildman–Crippen LogP) is 1.32. The summed E-state index contributed by atoms with van der Waals surface area (Å²) in [5.74, 6) is -0.376. The van der Waals surface area contributed by atoms with Gasteiger partial charge in [0, 0.05) is 18.1 Å². The number of aliphatic hydroxyl groups excluding tert-OH is 1. The number of primary amides is 1. The summed E-state index contributed by atoms with van der Waals surface area (Å²) in [7, 11) is 0. The van der Waals surface area contributed by atoms with Gasteiger partial charge in [0.2, 0.25) is 5.91 Å². The molecule has 0 aromatic heterocycles. The van der Waals surface area contributed by atoms with E-state index in [4.69, 9.17) is 22.1 Å². The molecule has 1 aromatic rings. The summed E-state index contributed by atoms with van der Waals surface area (Å²) in [5, 5.41) is 13.5. The Morgan fingerprint density at radius 2 is 2.14 bits per heavy atom. The van der Waals surface area contributed by atoms with Crippen LogP contribution in [0.4, 0.5) is 0 Å². The molecule has 0 aliphatic rings. The molecular weight excluding hydrogens is 292 g/mol. The van der Waals surface area contributed by atoms with Crippen LogP contribution in [-0.4, -0.2) is 36.8 Å². The number of amides is 1. The monoisotopic (exact) mass is 314 g/mol. The average molecular weight is 315 g/mol. The summed E-state index contributed by atoms with van der Waals surface area (Å²) in [6, 6.07) is 7.41. The van der Waals surface area contributed by atoms with Gasteiger partial charge in [0.05, 0.1) is 24.7 Å². The van der Waals surface area contributed by atoms with Crippen LogP contribution in [0.5, 0.6) is 0 Å². The number of halogens is 1. The highest BCUT2D eigenvalue weighted by Crippen LogP contribution is 2.15. The second-order valence-corrected chi connectivity index (χ2v) is 6.05. The largest absolute Gasteiger partial charge is 0.389 e. The Kier molecular flexibility index (Phi) is 7.11. The molecule has 21 heavy (non-hydrogen) atoms. The van der Waals surface area contributed by atoms with E-state index >= 15 is 0 Å². The van der Waals surface area contributed by atoms with Crippen molar-refractivity contribution in [2.45, 2.75) is 26.6 Å². The molecule has 0 heterocycles. The summed E-state index contributed by atoms with van der Waals surface area (Å²) in [6.07, 6.45) is -0.656. The molecular formula is C15H23ClN2O3. The van der Waals surface area contributed by atoms with E-state index in [1.807, 2.05) is 18.2 Å². The Hall–Kier alpha value is -1.14. The van der Waals surface area contributed by atoms with E-state index in [2.05, 4.69) is 5.32 Å². The number of rotatable bonds is 9. The number of carbonyl (C=O) groups is 1. The fraction of sp³-hybridized carbons (Fsp3) is 0.533. The molecule has 1 aromatic carbocycles. The van der Waals surface area contributed by atoms with Crippen LogP contribution in [-0.2, 0) is 16.1 Å². The van der Waals surface area contributed by atoms with Crippen LogP contribution in [0.15, 0.2) is 24.3 Å². The first kappa shape index (κ1) is 17.9. The molecule has 4 N–H and O–H groups in total. The molecule has 0 saturated heterocycles. The van der Waals surface area contributed by atoms with Crippen molar-refractivity contribution in [3.05, 3.63) is 34.9 Å². The van der Waals surface area contributed by atoms with Crippen molar-refractivity contribution in [2.75, 3.05) is 19.7 Å². The van der Waals surface area contributed by atoms with E-state index in [0.29, 0.717) is 24.7 Å². The van der Waals surface area contributed by atoms with E-state index in [-0.39, 0.29) is 12.5 Å². The molecule has 1 atom stereocenters. The van der Waals surface area contributed by atoms with Gasteiger partial charge in [-0.05, 0) is 25.5 Å². The first-order valence-electron chi connectivity index (χ1n) is 6.83. The Morgan fingerprint density at radius 1 is 1.48 bits per heavy atom. The predicted molar refractivity (Wildman–Crippen MR) is 83.0 cm³/mol. The van der Waals surface area contributed by atoms with Gasteiger partial charge in [0.1, 0.15) is 0 Å². The first-order chi connectivity index (χ1) is 9.83. The maximum absolute atomic E-state index is 11.1. The number of nitrogens with one attached hydrogen (secondary N) is 1. The third-order valence-electron chi connectivity index (χ3n) is 3.14. The third kappa shape index (κ3) is 6.44. The summed E-state index contributed by atoms with van der Waals surface area (Å²) >= 11 is 6.00. The molecule has 6 heteroatoms. The van der Waals surface area contributed by atoms with Crippen LogP contribution in [0.2, 0.25) is 5.02 Å². The Bertz CT molecular complexity index is 466. The van der Waals surface area contributed by atoms with Gasteiger partial charge in [-0.1, -0.05) is 29.8 Å². The van der Waals surface area contributed by atoms with Crippen LogP contribution in [0.1, 0.15) is 19.4 Å². The summed E-state index contributed by atoms with van der Waals surface area (Å²) in [6.45, 7) is 4.78. The Balaban J connectivity index is 2.22. The molecule has 0 spiro atoms. The fourth-order valence-corrected chi connectivity index (χ4v) is 1.81. The highest BCUT2D eigenvalue weighted by atomic mass is 35.5. The van der Waals surface area contributed by atoms with Crippen LogP contribution >= 0.6 is 11.6 Å². The molecule has 0 aliphatic heterocycles. The highest BCUT2D eigenvalue weighted by Gasteiger charge is 2.24. The van der Waals surface area contributed by atoms with Gasteiger partial charge in [-0.3, -0.25) is 4.79 Å². The minimum absolute atomic E-state index is 0.190. The molecule has 0 aliphatic carbocycles. The SMILES string of the molecule is CC(C)(CNCC(O)COCc1ccccc1Cl)C(N)=O. The van der Waals surface area contributed by atoms with Gasteiger partial charge >= 0.3 is 0 Å². The molecule has 0 saturated carbocycles. The van der Waals surface area contributed by atoms with Crippen molar-refractivity contribution in [3.8, 4) is 0 Å². The minimum Gasteiger partial charge on any atom is -0.389 e. The molecule has 0 radical (unpaired) electrons. The van der Waals surface area contributed by atoms with E-state index < -0.39 is 11.5 Å². The standard InChI is InChI=1S/C15H23ClN2O3/c1-15(2,14(17)20)10-18-7-12(19)9-21-8-11-5-3-4-6-13(11)16/h3-6,12,18-19H,7-10H2,1-2H3,(H2,17,20). The lowest BCUT2D eigenvalue weighted by Gasteiger charge is -2.22. The van der Waals surface area contributed by atoms with Crippen molar-refractivity contribution >= 4 is 17.5 Å². The van der Waals surface area contributed by atoms with Gasteiger partial charge in [0.25, 0.3) is 0 Å². The van der Waals surface area contributed by atoms with Gasteiger partial charge in [-0.25, -0.2) is 0 Å². The summed E-state index contributed by atoms with van der Waals surface area (Å²) < 4.78 is 5.43. The van der Waals surface area contributed by atoms with Gasteiger partial charge in [0.15, 0.2) is 0 Å². The van der Waals surface area contributed by atoms with Crippen molar-refractivity contribution in [2.24, 2.45) is 11.1 Å². The van der Waals surface area contributed by atoms with Gasteiger partial charge in [-0.2, -0.15) is 0 Å².